The van der Waals surface area contributed by atoms with Gasteiger partial charge in [-0.2, -0.15) is 0 Å². The summed E-state index contributed by atoms with van der Waals surface area (Å²) in [5.74, 6) is 5.97. The Hall–Kier alpha value is -1.83. The summed E-state index contributed by atoms with van der Waals surface area (Å²) in [7, 11) is 0. The Morgan fingerprint density at radius 1 is 1.40 bits per heavy atom. The third-order valence-electron chi connectivity index (χ3n) is 3.41. The SMILES string of the molecule is O=C(c1cccc(C#CCCO)c1)N1CCC(CO)C1. The lowest BCUT2D eigenvalue weighted by Gasteiger charge is -2.16. The Morgan fingerprint density at radius 2 is 2.25 bits per heavy atom. The Morgan fingerprint density at radius 3 is 2.95 bits per heavy atom. The van der Waals surface area contributed by atoms with Crippen LogP contribution in [0.2, 0.25) is 0 Å². The molecule has 106 valence electrons. The van der Waals surface area contributed by atoms with E-state index in [4.69, 9.17) is 10.2 Å². The summed E-state index contributed by atoms with van der Waals surface area (Å²) in [4.78, 5) is 14.1. The van der Waals surface area contributed by atoms with Crippen LogP contribution in [0.5, 0.6) is 0 Å². The number of hydrogen-bond acceptors (Lipinski definition) is 3. The third kappa shape index (κ3) is 3.60. The quantitative estimate of drug-likeness (QED) is 0.804. The highest BCUT2D eigenvalue weighted by Gasteiger charge is 2.26. The molecule has 4 heteroatoms. The van der Waals surface area contributed by atoms with E-state index in [2.05, 4.69) is 11.8 Å². The van der Waals surface area contributed by atoms with Gasteiger partial charge < -0.3 is 15.1 Å². The molecule has 0 aromatic heterocycles. The molecule has 0 aliphatic carbocycles. The zero-order valence-electron chi connectivity index (χ0n) is 11.4. The van der Waals surface area contributed by atoms with Gasteiger partial charge in [0, 0.05) is 43.2 Å². The van der Waals surface area contributed by atoms with Crippen LogP contribution in [0.25, 0.3) is 0 Å². The second-order valence-electron chi connectivity index (χ2n) is 4.94. The van der Waals surface area contributed by atoms with Gasteiger partial charge in [0.2, 0.25) is 0 Å². The average Bonchev–Trinajstić information content (AvgIpc) is 2.96. The fourth-order valence-corrected chi connectivity index (χ4v) is 2.30. The first-order chi connectivity index (χ1) is 9.74. The molecule has 2 N–H and O–H groups in total. The van der Waals surface area contributed by atoms with Crippen molar-refractivity contribution in [3.63, 3.8) is 0 Å². The number of carbonyl (C=O) groups excluding carboxylic acids is 1. The van der Waals surface area contributed by atoms with Crippen molar-refractivity contribution >= 4 is 5.91 Å². The van der Waals surface area contributed by atoms with Crippen LogP contribution in [0.15, 0.2) is 24.3 Å². The number of rotatable bonds is 3. The van der Waals surface area contributed by atoms with Gasteiger partial charge in [-0.3, -0.25) is 4.79 Å². The highest BCUT2D eigenvalue weighted by Crippen LogP contribution is 2.18. The molecule has 1 aromatic carbocycles. The monoisotopic (exact) mass is 273 g/mol. The van der Waals surface area contributed by atoms with Crippen molar-refractivity contribution in [3.05, 3.63) is 35.4 Å². The van der Waals surface area contributed by atoms with Gasteiger partial charge in [0.15, 0.2) is 0 Å². The number of benzene rings is 1. The minimum Gasteiger partial charge on any atom is -0.396 e. The number of likely N-dealkylation sites (tertiary alicyclic amines) is 1. The summed E-state index contributed by atoms with van der Waals surface area (Å²) in [5.41, 5.74) is 1.40. The van der Waals surface area contributed by atoms with Crippen molar-refractivity contribution in [2.75, 3.05) is 26.3 Å². The van der Waals surface area contributed by atoms with E-state index < -0.39 is 0 Å². The fraction of sp³-hybridized carbons (Fsp3) is 0.438. The lowest BCUT2D eigenvalue weighted by Crippen LogP contribution is -2.29. The van der Waals surface area contributed by atoms with Crippen molar-refractivity contribution in [1.29, 1.82) is 0 Å². The van der Waals surface area contributed by atoms with E-state index in [1.165, 1.54) is 0 Å². The molecule has 1 fully saturated rings. The van der Waals surface area contributed by atoms with Crippen LogP contribution in [-0.2, 0) is 0 Å². The summed E-state index contributed by atoms with van der Waals surface area (Å²) in [5, 5.41) is 17.8. The molecule has 20 heavy (non-hydrogen) atoms. The van der Waals surface area contributed by atoms with E-state index >= 15 is 0 Å². The highest BCUT2D eigenvalue weighted by molar-refractivity contribution is 5.94. The largest absolute Gasteiger partial charge is 0.396 e. The standard InChI is InChI=1S/C16H19NO3/c18-9-2-1-4-13-5-3-6-15(10-13)16(20)17-8-7-14(11-17)12-19/h3,5-6,10,14,18-19H,2,7-9,11-12H2. The van der Waals surface area contributed by atoms with Gasteiger partial charge in [-0.25, -0.2) is 0 Å². The molecule has 1 aliphatic rings. The summed E-state index contributed by atoms with van der Waals surface area (Å²) < 4.78 is 0. The molecular weight excluding hydrogens is 254 g/mol. The normalized spacial score (nSPS) is 17.7. The Bertz CT molecular complexity index is 530. The molecular formula is C16H19NO3. The van der Waals surface area contributed by atoms with Crippen molar-refractivity contribution in [2.45, 2.75) is 12.8 Å². The van der Waals surface area contributed by atoms with Crippen molar-refractivity contribution in [3.8, 4) is 11.8 Å². The van der Waals surface area contributed by atoms with E-state index in [9.17, 15) is 4.79 Å². The van der Waals surface area contributed by atoms with Gasteiger partial charge >= 0.3 is 0 Å². The molecule has 1 atom stereocenters. The van der Waals surface area contributed by atoms with Crippen LogP contribution in [0.1, 0.15) is 28.8 Å². The van der Waals surface area contributed by atoms with Crippen molar-refractivity contribution < 1.29 is 15.0 Å². The van der Waals surface area contributed by atoms with Gasteiger partial charge in [0.1, 0.15) is 0 Å². The van der Waals surface area contributed by atoms with Crippen LogP contribution in [0, 0.1) is 17.8 Å². The molecule has 1 aliphatic heterocycles. The number of aliphatic hydroxyl groups excluding tert-OH is 2. The first-order valence-electron chi connectivity index (χ1n) is 6.84. The van der Waals surface area contributed by atoms with Gasteiger partial charge in [-0.1, -0.05) is 17.9 Å². The topological polar surface area (TPSA) is 60.8 Å². The van der Waals surface area contributed by atoms with Crippen LogP contribution in [0.3, 0.4) is 0 Å². The molecule has 0 saturated carbocycles. The number of hydrogen-bond donors (Lipinski definition) is 2. The summed E-state index contributed by atoms with van der Waals surface area (Å²) in [6.45, 7) is 1.50. The van der Waals surface area contributed by atoms with Crippen LogP contribution >= 0.6 is 0 Å². The maximum atomic E-state index is 12.3. The van der Waals surface area contributed by atoms with E-state index in [1.807, 2.05) is 12.1 Å². The van der Waals surface area contributed by atoms with E-state index in [0.717, 1.165) is 12.0 Å². The summed E-state index contributed by atoms with van der Waals surface area (Å²) in [6.07, 6.45) is 1.29. The molecule has 1 unspecified atom stereocenters. The molecule has 1 aromatic rings. The van der Waals surface area contributed by atoms with Crippen LogP contribution < -0.4 is 0 Å². The Balaban J connectivity index is 2.07. The zero-order chi connectivity index (χ0) is 14.4. The minimum absolute atomic E-state index is 0.00763. The predicted octanol–water partition coefficient (Wildman–Crippen LogP) is 0.875. The second kappa shape index (κ2) is 7.09. The molecule has 0 radical (unpaired) electrons. The Kier molecular flexibility index (Phi) is 5.16. The molecule has 0 spiro atoms. The van der Waals surface area contributed by atoms with Gasteiger partial charge in [-0.15, -0.1) is 0 Å². The maximum Gasteiger partial charge on any atom is 0.253 e. The predicted molar refractivity (Wildman–Crippen MR) is 76.1 cm³/mol. The van der Waals surface area contributed by atoms with E-state index in [1.54, 1.807) is 17.0 Å². The smallest absolute Gasteiger partial charge is 0.253 e. The second-order valence-corrected chi connectivity index (χ2v) is 4.94. The number of amides is 1. The average molecular weight is 273 g/mol. The number of nitrogens with zero attached hydrogens (tertiary/aromatic N) is 1. The van der Waals surface area contributed by atoms with E-state index in [-0.39, 0.29) is 25.0 Å². The molecule has 1 heterocycles. The number of aliphatic hydroxyl groups is 2. The fourth-order valence-electron chi connectivity index (χ4n) is 2.30. The zero-order valence-corrected chi connectivity index (χ0v) is 11.4. The molecule has 1 saturated heterocycles. The Labute approximate surface area is 119 Å². The van der Waals surface area contributed by atoms with Crippen LogP contribution in [0.4, 0.5) is 0 Å². The molecule has 1 amide bonds. The first kappa shape index (κ1) is 14.6. The lowest BCUT2D eigenvalue weighted by molar-refractivity contribution is 0.0782. The van der Waals surface area contributed by atoms with Gasteiger partial charge in [-0.05, 0) is 24.6 Å². The summed E-state index contributed by atoms with van der Waals surface area (Å²) >= 11 is 0. The van der Waals surface area contributed by atoms with Gasteiger partial charge in [0.05, 0.1) is 6.61 Å². The minimum atomic E-state index is -0.00763. The number of carbonyl (C=O) groups is 1. The maximum absolute atomic E-state index is 12.3. The van der Waals surface area contributed by atoms with E-state index in [0.29, 0.717) is 25.1 Å². The van der Waals surface area contributed by atoms with Gasteiger partial charge in [0.25, 0.3) is 5.91 Å². The molecule has 4 nitrogen and oxygen atoms in total. The van der Waals surface area contributed by atoms with Crippen molar-refractivity contribution in [2.24, 2.45) is 5.92 Å². The summed E-state index contributed by atoms with van der Waals surface area (Å²) in [6, 6.07) is 7.22. The van der Waals surface area contributed by atoms with Crippen molar-refractivity contribution in [1.82, 2.24) is 4.90 Å². The molecule has 2 rings (SSSR count). The lowest BCUT2D eigenvalue weighted by atomic mass is 10.1. The first-order valence-corrected chi connectivity index (χ1v) is 6.84. The van der Waals surface area contributed by atoms with Crippen LogP contribution in [-0.4, -0.2) is 47.3 Å². The highest BCUT2D eigenvalue weighted by atomic mass is 16.3. The third-order valence-corrected chi connectivity index (χ3v) is 3.41. The molecule has 0 bridgehead atoms.